The van der Waals surface area contributed by atoms with Crippen LogP contribution in [0.2, 0.25) is 0 Å². The molecule has 2 heterocycles. The molecule has 2 rings (SSSR count). The van der Waals surface area contributed by atoms with Crippen LogP contribution in [-0.4, -0.2) is 28.3 Å². The zero-order valence-electron chi connectivity index (χ0n) is 10.5. The number of urea groups is 1. The molecule has 0 unspecified atom stereocenters. The number of rotatable bonds is 3. The number of imide groups is 1. The van der Waals surface area contributed by atoms with Gasteiger partial charge in [-0.3, -0.25) is 19.9 Å². The van der Waals surface area contributed by atoms with Gasteiger partial charge >= 0.3 is 6.03 Å². The highest BCUT2D eigenvalue weighted by molar-refractivity contribution is 6.06. The zero-order valence-corrected chi connectivity index (χ0v) is 10.5. The molecular weight excluding hydrogens is 252 g/mol. The standard InChI is InChI=1S/C11H14N4O4/c1-11(2)9(17)15(10(18)13-11)4-7-3-6(5-19-7)8(16)14-12/h3,5H,4,12H2,1-2H3,(H,13,18)(H,14,16). The van der Waals surface area contributed by atoms with Crippen LogP contribution in [0, 0.1) is 0 Å². The number of amides is 4. The number of hydrogen-bond donors (Lipinski definition) is 3. The Balaban J connectivity index is 2.14. The molecule has 102 valence electrons. The molecule has 4 N–H and O–H groups in total. The van der Waals surface area contributed by atoms with Crippen LogP contribution in [-0.2, 0) is 11.3 Å². The Morgan fingerprint density at radius 1 is 1.53 bits per heavy atom. The highest BCUT2D eigenvalue weighted by atomic mass is 16.3. The Kier molecular flexibility index (Phi) is 3.03. The molecule has 1 aliphatic heterocycles. The van der Waals surface area contributed by atoms with Crippen molar-refractivity contribution >= 4 is 17.8 Å². The second-order valence-corrected chi connectivity index (χ2v) is 4.72. The van der Waals surface area contributed by atoms with Gasteiger partial charge in [0.25, 0.3) is 11.8 Å². The summed E-state index contributed by atoms with van der Waals surface area (Å²) in [7, 11) is 0. The van der Waals surface area contributed by atoms with Gasteiger partial charge in [0.15, 0.2) is 0 Å². The first kappa shape index (κ1) is 13.1. The van der Waals surface area contributed by atoms with Crippen molar-refractivity contribution in [1.82, 2.24) is 15.6 Å². The summed E-state index contributed by atoms with van der Waals surface area (Å²) in [5.41, 5.74) is 1.26. The summed E-state index contributed by atoms with van der Waals surface area (Å²) in [6.07, 6.45) is 1.21. The van der Waals surface area contributed by atoms with Crippen LogP contribution in [0.4, 0.5) is 4.79 Å². The molecule has 0 spiro atoms. The van der Waals surface area contributed by atoms with E-state index in [1.165, 1.54) is 12.3 Å². The van der Waals surface area contributed by atoms with E-state index in [2.05, 4.69) is 5.32 Å². The second kappa shape index (κ2) is 4.39. The van der Waals surface area contributed by atoms with Crippen molar-refractivity contribution in [2.24, 2.45) is 5.84 Å². The molecule has 0 aliphatic carbocycles. The fourth-order valence-corrected chi connectivity index (χ4v) is 1.78. The topological polar surface area (TPSA) is 118 Å². The van der Waals surface area contributed by atoms with Crippen molar-refractivity contribution in [3.63, 3.8) is 0 Å². The summed E-state index contributed by atoms with van der Waals surface area (Å²) < 4.78 is 5.12. The van der Waals surface area contributed by atoms with E-state index >= 15 is 0 Å². The highest BCUT2D eigenvalue weighted by Gasteiger charge is 2.44. The van der Waals surface area contributed by atoms with E-state index in [1.54, 1.807) is 13.8 Å². The number of nitrogens with zero attached hydrogens (tertiary/aromatic N) is 1. The first-order valence-electron chi connectivity index (χ1n) is 5.57. The molecule has 8 heteroatoms. The van der Waals surface area contributed by atoms with Gasteiger partial charge in [0.1, 0.15) is 17.6 Å². The van der Waals surface area contributed by atoms with E-state index in [1.807, 2.05) is 5.43 Å². The van der Waals surface area contributed by atoms with Crippen molar-refractivity contribution in [2.75, 3.05) is 0 Å². The number of nitrogens with one attached hydrogen (secondary N) is 2. The monoisotopic (exact) mass is 266 g/mol. The summed E-state index contributed by atoms with van der Waals surface area (Å²) in [6.45, 7) is 3.19. The van der Waals surface area contributed by atoms with Gasteiger partial charge in [-0.1, -0.05) is 0 Å². The van der Waals surface area contributed by atoms with Gasteiger partial charge in [-0.25, -0.2) is 10.6 Å². The Morgan fingerprint density at radius 2 is 2.21 bits per heavy atom. The molecule has 1 aromatic rings. The number of hydrogen-bond acceptors (Lipinski definition) is 5. The molecule has 1 aliphatic rings. The SMILES string of the molecule is CC1(C)NC(=O)N(Cc2cc(C(=O)NN)co2)C1=O. The third kappa shape index (κ3) is 2.29. The van der Waals surface area contributed by atoms with Gasteiger partial charge in [0, 0.05) is 0 Å². The summed E-state index contributed by atoms with van der Waals surface area (Å²) in [6, 6.07) is 0.935. The predicted octanol–water partition coefficient (Wildman–Crippen LogP) is -0.286. The smallest absolute Gasteiger partial charge is 0.325 e. The van der Waals surface area contributed by atoms with E-state index in [0.717, 1.165) is 4.90 Å². The van der Waals surface area contributed by atoms with Crippen molar-refractivity contribution in [3.05, 3.63) is 23.7 Å². The molecule has 0 saturated carbocycles. The summed E-state index contributed by atoms with van der Waals surface area (Å²) in [5.74, 6) is 4.45. The van der Waals surface area contributed by atoms with E-state index in [0.29, 0.717) is 5.76 Å². The van der Waals surface area contributed by atoms with Crippen LogP contribution in [0.25, 0.3) is 0 Å². The molecule has 0 radical (unpaired) electrons. The number of carbonyl (C=O) groups is 3. The third-order valence-corrected chi connectivity index (χ3v) is 2.81. The molecule has 1 fully saturated rings. The lowest BCUT2D eigenvalue weighted by molar-refractivity contribution is -0.130. The number of hydrazine groups is 1. The zero-order chi connectivity index (χ0) is 14.2. The maximum Gasteiger partial charge on any atom is 0.325 e. The molecular formula is C11H14N4O4. The van der Waals surface area contributed by atoms with Crippen molar-refractivity contribution in [2.45, 2.75) is 25.9 Å². The van der Waals surface area contributed by atoms with E-state index in [9.17, 15) is 14.4 Å². The number of furan rings is 1. The minimum atomic E-state index is -0.929. The van der Waals surface area contributed by atoms with Gasteiger partial charge in [-0.05, 0) is 19.9 Å². The lowest BCUT2D eigenvalue weighted by Crippen LogP contribution is -2.40. The Bertz CT molecular complexity index is 549. The maximum atomic E-state index is 11.9. The summed E-state index contributed by atoms with van der Waals surface area (Å²) >= 11 is 0. The molecule has 8 nitrogen and oxygen atoms in total. The molecule has 1 aromatic heterocycles. The van der Waals surface area contributed by atoms with Crippen LogP contribution in [0.1, 0.15) is 30.0 Å². The van der Waals surface area contributed by atoms with Gasteiger partial charge in [-0.15, -0.1) is 0 Å². The first-order valence-corrected chi connectivity index (χ1v) is 5.57. The lowest BCUT2D eigenvalue weighted by Gasteiger charge is -2.14. The number of carbonyl (C=O) groups excluding carboxylic acids is 3. The summed E-state index contributed by atoms with van der Waals surface area (Å²) in [4.78, 5) is 35.9. The second-order valence-electron chi connectivity index (χ2n) is 4.72. The molecule has 4 amide bonds. The molecule has 19 heavy (non-hydrogen) atoms. The van der Waals surface area contributed by atoms with Gasteiger partial charge in [0.2, 0.25) is 0 Å². The van der Waals surface area contributed by atoms with Crippen LogP contribution in [0.3, 0.4) is 0 Å². The Hall–Kier alpha value is -2.35. The van der Waals surface area contributed by atoms with E-state index in [-0.39, 0.29) is 18.0 Å². The van der Waals surface area contributed by atoms with E-state index < -0.39 is 17.5 Å². The number of nitrogens with two attached hydrogens (primary N) is 1. The van der Waals surface area contributed by atoms with Crippen molar-refractivity contribution < 1.29 is 18.8 Å². The summed E-state index contributed by atoms with van der Waals surface area (Å²) in [5, 5.41) is 2.55. The normalized spacial score (nSPS) is 17.5. The average Bonchev–Trinajstić information content (AvgIpc) is 2.88. The van der Waals surface area contributed by atoms with Crippen LogP contribution >= 0.6 is 0 Å². The van der Waals surface area contributed by atoms with Crippen LogP contribution < -0.4 is 16.6 Å². The average molecular weight is 266 g/mol. The third-order valence-electron chi connectivity index (χ3n) is 2.81. The Labute approximate surface area is 108 Å². The van der Waals surface area contributed by atoms with E-state index in [4.69, 9.17) is 10.3 Å². The van der Waals surface area contributed by atoms with Crippen molar-refractivity contribution in [1.29, 1.82) is 0 Å². The van der Waals surface area contributed by atoms with Gasteiger partial charge < -0.3 is 9.73 Å². The molecule has 0 bridgehead atoms. The predicted molar refractivity (Wildman–Crippen MR) is 63.5 cm³/mol. The van der Waals surface area contributed by atoms with Crippen molar-refractivity contribution in [3.8, 4) is 0 Å². The highest BCUT2D eigenvalue weighted by Crippen LogP contribution is 2.20. The largest absolute Gasteiger partial charge is 0.467 e. The molecule has 0 atom stereocenters. The molecule has 1 saturated heterocycles. The first-order chi connectivity index (χ1) is 8.85. The van der Waals surface area contributed by atoms with Crippen LogP contribution in [0.15, 0.2) is 16.7 Å². The fraction of sp³-hybridized carbons (Fsp3) is 0.364. The lowest BCUT2D eigenvalue weighted by atomic mass is 10.1. The minimum absolute atomic E-state index is 0.0358. The molecule has 0 aromatic carbocycles. The Morgan fingerprint density at radius 3 is 2.74 bits per heavy atom. The van der Waals surface area contributed by atoms with Gasteiger partial charge in [-0.2, -0.15) is 0 Å². The quantitative estimate of drug-likeness (QED) is 0.301. The minimum Gasteiger partial charge on any atom is -0.467 e. The fourth-order valence-electron chi connectivity index (χ4n) is 1.78. The maximum absolute atomic E-state index is 11.9. The number of nitrogen functional groups attached to an aromatic ring is 1. The van der Waals surface area contributed by atoms with Gasteiger partial charge in [0.05, 0.1) is 12.1 Å². The van der Waals surface area contributed by atoms with Crippen LogP contribution in [0.5, 0.6) is 0 Å².